The molecule has 0 aliphatic carbocycles. The number of fused-ring (bicyclic) bond motifs is 2. The van der Waals surface area contributed by atoms with Gasteiger partial charge in [0, 0.05) is 23.7 Å². The molecule has 1 atom stereocenters. The van der Waals surface area contributed by atoms with Crippen LogP contribution in [0.4, 0.5) is 0 Å². The predicted molar refractivity (Wildman–Crippen MR) is 112 cm³/mol. The van der Waals surface area contributed by atoms with E-state index in [0.29, 0.717) is 12.4 Å². The van der Waals surface area contributed by atoms with Gasteiger partial charge in [0.25, 0.3) is 0 Å². The van der Waals surface area contributed by atoms with Crippen molar-refractivity contribution in [3.63, 3.8) is 0 Å². The number of aryl methyl sites for hydroxylation is 1. The van der Waals surface area contributed by atoms with Crippen molar-refractivity contribution in [2.24, 2.45) is 0 Å². The first kappa shape index (κ1) is 18.6. The minimum Gasteiger partial charge on any atom is -0.471 e. The molecule has 2 aliphatic rings. The fourth-order valence-electron chi connectivity index (χ4n) is 4.21. The monoisotopic (exact) mass is 401 g/mol. The van der Waals surface area contributed by atoms with E-state index in [1.54, 1.807) is 0 Å². The zero-order chi connectivity index (χ0) is 20.5. The lowest BCUT2D eigenvalue weighted by molar-refractivity contribution is -0.134. The Bertz CT molecular complexity index is 1020. The summed E-state index contributed by atoms with van der Waals surface area (Å²) in [6.07, 6.45) is 1.69. The highest BCUT2D eigenvalue weighted by atomic mass is 16.5. The maximum atomic E-state index is 13.7. The summed E-state index contributed by atoms with van der Waals surface area (Å²) in [6.45, 7) is 3.15. The standard InChI is InChI=1S/C24H23N3O3/c1-16-12-13-22(26-25-16)29-17-7-6-14-27(15-17)24(28)23-18-8-2-4-10-20(18)30-21-11-5-3-9-19(21)23/h2-5,8-13,17,23H,6-7,14-15H2,1H3. The third-order valence-corrected chi connectivity index (χ3v) is 5.68. The molecule has 2 aromatic carbocycles. The summed E-state index contributed by atoms with van der Waals surface area (Å²) < 4.78 is 12.1. The largest absolute Gasteiger partial charge is 0.471 e. The highest BCUT2D eigenvalue weighted by molar-refractivity contribution is 5.89. The Morgan fingerprint density at radius 3 is 2.37 bits per heavy atom. The van der Waals surface area contributed by atoms with E-state index in [0.717, 1.165) is 47.7 Å². The number of hydrogen-bond acceptors (Lipinski definition) is 5. The van der Waals surface area contributed by atoms with E-state index in [-0.39, 0.29) is 17.9 Å². The van der Waals surface area contributed by atoms with Gasteiger partial charge in [0.15, 0.2) is 0 Å². The molecule has 0 N–H and O–H groups in total. The van der Waals surface area contributed by atoms with Gasteiger partial charge in [-0.15, -0.1) is 5.10 Å². The van der Waals surface area contributed by atoms with Crippen LogP contribution in [0, 0.1) is 6.92 Å². The second-order valence-electron chi connectivity index (χ2n) is 7.79. The van der Waals surface area contributed by atoms with Gasteiger partial charge in [-0.05, 0) is 38.0 Å². The summed E-state index contributed by atoms with van der Waals surface area (Å²) in [5, 5.41) is 8.15. The van der Waals surface area contributed by atoms with Crippen molar-refractivity contribution >= 4 is 5.91 Å². The van der Waals surface area contributed by atoms with Crippen LogP contribution in [0.1, 0.15) is 35.6 Å². The summed E-state index contributed by atoms with van der Waals surface area (Å²) in [4.78, 5) is 15.6. The number of para-hydroxylation sites is 2. The minimum atomic E-state index is -0.371. The molecule has 3 heterocycles. The Kier molecular flexibility index (Phi) is 4.83. The number of carbonyl (C=O) groups is 1. The van der Waals surface area contributed by atoms with Crippen LogP contribution in [0.15, 0.2) is 60.7 Å². The van der Waals surface area contributed by atoms with Crippen LogP contribution >= 0.6 is 0 Å². The molecule has 5 rings (SSSR count). The zero-order valence-corrected chi connectivity index (χ0v) is 16.8. The number of likely N-dealkylation sites (tertiary alicyclic amines) is 1. The Morgan fingerprint density at radius 2 is 1.70 bits per heavy atom. The molecule has 0 radical (unpaired) electrons. The second-order valence-corrected chi connectivity index (χ2v) is 7.79. The van der Waals surface area contributed by atoms with E-state index in [1.165, 1.54) is 0 Å². The van der Waals surface area contributed by atoms with Crippen molar-refractivity contribution < 1.29 is 14.3 Å². The Balaban J connectivity index is 1.40. The lowest BCUT2D eigenvalue weighted by Crippen LogP contribution is -2.46. The van der Waals surface area contributed by atoms with Crippen LogP contribution in [0.3, 0.4) is 0 Å². The van der Waals surface area contributed by atoms with E-state index >= 15 is 0 Å². The van der Waals surface area contributed by atoms with Gasteiger partial charge in [-0.25, -0.2) is 0 Å². The SMILES string of the molecule is Cc1ccc(OC2CCCN(C(=O)C3c4ccccc4Oc4ccccc43)C2)nn1. The van der Waals surface area contributed by atoms with Gasteiger partial charge >= 0.3 is 0 Å². The lowest BCUT2D eigenvalue weighted by Gasteiger charge is -2.36. The number of piperidine rings is 1. The number of carbonyl (C=O) groups excluding carboxylic acids is 1. The number of ether oxygens (including phenoxy) is 2. The molecule has 6 nitrogen and oxygen atoms in total. The third kappa shape index (κ3) is 3.49. The van der Waals surface area contributed by atoms with E-state index in [4.69, 9.17) is 9.47 Å². The van der Waals surface area contributed by atoms with Gasteiger partial charge in [0.2, 0.25) is 11.8 Å². The molecule has 6 heteroatoms. The van der Waals surface area contributed by atoms with E-state index in [9.17, 15) is 4.79 Å². The van der Waals surface area contributed by atoms with Crippen molar-refractivity contribution in [3.05, 3.63) is 77.5 Å². The van der Waals surface area contributed by atoms with E-state index < -0.39 is 0 Å². The minimum absolute atomic E-state index is 0.0847. The average Bonchev–Trinajstić information content (AvgIpc) is 2.79. The molecule has 3 aromatic rings. The topological polar surface area (TPSA) is 64.5 Å². The first-order valence-electron chi connectivity index (χ1n) is 10.3. The van der Waals surface area contributed by atoms with Gasteiger partial charge in [0.1, 0.15) is 17.6 Å². The maximum absolute atomic E-state index is 13.7. The lowest BCUT2D eigenvalue weighted by atomic mass is 9.86. The van der Waals surface area contributed by atoms with Gasteiger partial charge in [-0.3, -0.25) is 4.79 Å². The van der Waals surface area contributed by atoms with Crippen LogP contribution in [0.25, 0.3) is 0 Å². The van der Waals surface area contributed by atoms with E-state index in [2.05, 4.69) is 10.2 Å². The van der Waals surface area contributed by atoms with Gasteiger partial charge < -0.3 is 14.4 Å². The number of hydrogen-bond donors (Lipinski definition) is 0. The van der Waals surface area contributed by atoms with Gasteiger partial charge in [-0.2, -0.15) is 5.10 Å². The van der Waals surface area contributed by atoms with Crippen LogP contribution in [0.5, 0.6) is 17.4 Å². The average molecular weight is 401 g/mol. The van der Waals surface area contributed by atoms with Crippen LogP contribution in [-0.4, -0.2) is 40.2 Å². The van der Waals surface area contributed by atoms with E-state index in [1.807, 2.05) is 72.5 Å². The Labute approximate surface area is 175 Å². The smallest absolute Gasteiger partial charge is 0.234 e. The fraction of sp³-hybridized carbons (Fsp3) is 0.292. The molecule has 0 saturated carbocycles. The number of nitrogens with zero attached hydrogens (tertiary/aromatic N) is 3. The van der Waals surface area contributed by atoms with Crippen molar-refractivity contribution in [2.75, 3.05) is 13.1 Å². The molecule has 1 aromatic heterocycles. The van der Waals surface area contributed by atoms with Crippen LogP contribution in [-0.2, 0) is 4.79 Å². The number of rotatable bonds is 3. The molecule has 1 saturated heterocycles. The number of benzene rings is 2. The quantitative estimate of drug-likeness (QED) is 0.661. The third-order valence-electron chi connectivity index (χ3n) is 5.68. The molecule has 30 heavy (non-hydrogen) atoms. The van der Waals surface area contributed by atoms with Crippen molar-refractivity contribution in [2.45, 2.75) is 31.8 Å². The molecule has 1 unspecified atom stereocenters. The summed E-state index contributed by atoms with van der Waals surface area (Å²) in [6, 6.07) is 19.3. The van der Waals surface area contributed by atoms with Crippen molar-refractivity contribution in [3.8, 4) is 17.4 Å². The number of aromatic nitrogens is 2. The van der Waals surface area contributed by atoms with Gasteiger partial charge in [-0.1, -0.05) is 36.4 Å². The Morgan fingerprint density at radius 1 is 1.00 bits per heavy atom. The molecule has 1 fully saturated rings. The van der Waals surface area contributed by atoms with Crippen molar-refractivity contribution in [1.82, 2.24) is 15.1 Å². The molecular formula is C24H23N3O3. The molecule has 0 spiro atoms. The zero-order valence-electron chi connectivity index (χ0n) is 16.8. The summed E-state index contributed by atoms with van der Waals surface area (Å²) in [5.41, 5.74) is 2.67. The first-order chi connectivity index (χ1) is 14.7. The summed E-state index contributed by atoms with van der Waals surface area (Å²) >= 11 is 0. The molecule has 0 bridgehead atoms. The number of amides is 1. The highest BCUT2D eigenvalue weighted by Crippen LogP contribution is 2.44. The summed E-state index contributed by atoms with van der Waals surface area (Å²) in [7, 11) is 0. The normalized spacial score (nSPS) is 18.2. The van der Waals surface area contributed by atoms with Gasteiger partial charge in [0.05, 0.1) is 18.2 Å². The summed E-state index contributed by atoms with van der Waals surface area (Å²) in [5.74, 6) is 1.70. The molecular weight excluding hydrogens is 378 g/mol. The predicted octanol–water partition coefficient (Wildman–Crippen LogP) is 4.09. The maximum Gasteiger partial charge on any atom is 0.234 e. The fourth-order valence-corrected chi connectivity index (χ4v) is 4.21. The highest BCUT2D eigenvalue weighted by Gasteiger charge is 2.37. The Hall–Kier alpha value is -3.41. The first-order valence-corrected chi connectivity index (χ1v) is 10.3. The van der Waals surface area contributed by atoms with Crippen molar-refractivity contribution in [1.29, 1.82) is 0 Å². The second kappa shape index (κ2) is 7.78. The van der Waals surface area contributed by atoms with Crippen LogP contribution in [0.2, 0.25) is 0 Å². The molecule has 2 aliphatic heterocycles. The molecule has 152 valence electrons. The molecule has 1 amide bonds. The van der Waals surface area contributed by atoms with Crippen LogP contribution < -0.4 is 9.47 Å².